The quantitative estimate of drug-likeness (QED) is 0.694. The first-order valence-electron chi connectivity index (χ1n) is 8.06. The third kappa shape index (κ3) is 10.6. The lowest BCUT2D eigenvalue weighted by Gasteiger charge is -1.97. The van der Waals surface area contributed by atoms with Crippen molar-refractivity contribution in [2.75, 3.05) is 0 Å². The number of carboxylic acid groups (broad SMARTS) is 1. The first-order valence-corrected chi connectivity index (χ1v) is 8.43. The first kappa shape index (κ1) is 19.9. The summed E-state index contributed by atoms with van der Waals surface area (Å²) < 4.78 is 0. The maximum absolute atomic E-state index is 10.4. The number of carboxylic acids is 1. The van der Waals surface area contributed by atoms with E-state index >= 15 is 0 Å². The van der Waals surface area contributed by atoms with Crippen molar-refractivity contribution in [3.8, 4) is 0 Å². The van der Waals surface area contributed by atoms with Gasteiger partial charge in [-0.3, -0.25) is 9.59 Å². The van der Waals surface area contributed by atoms with Crippen LogP contribution in [0, 0.1) is 0 Å². The van der Waals surface area contributed by atoms with Gasteiger partial charge in [0.2, 0.25) is 5.24 Å². The van der Waals surface area contributed by atoms with Crippen molar-refractivity contribution >= 4 is 22.8 Å². The molecule has 0 atom stereocenters. The molecule has 0 amide bonds. The number of carbonyl (C=O) groups is 2. The largest absolute Gasteiger partial charge is 0.481 e. The van der Waals surface area contributed by atoms with Crippen LogP contribution in [-0.4, -0.2) is 16.3 Å². The van der Waals surface area contributed by atoms with Crippen molar-refractivity contribution in [1.29, 1.82) is 0 Å². The van der Waals surface area contributed by atoms with Gasteiger partial charge in [0.15, 0.2) is 0 Å². The van der Waals surface area contributed by atoms with E-state index in [9.17, 15) is 9.59 Å². The number of benzene rings is 2. The molecule has 24 heavy (non-hydrogen) atoms. The number of rotatable bonds is 8. The fraction of sp³-hybridized carbons (Fsp3) is 0.300. The van der Waals surface area contributed by atoms with E-state index in [-0.39, 0.29) is 11.7 Å². The predicted molar refractivity (Wildman–Crippen MR) is 97.3 cm³/mol. The molecule has 2 aromatic carbocycles. The van der Waals surface area contributed by atoms with Crippen LogP contribution in [0.2, 0.25) is 0 Å². The first-order chi connectivity index (χ1) is 11.6. The molecule has 0 aromatic heterocycles. The zero-order chi connectivity index (χ0) is 17.6. The van der Waals surface area contributed by atoms with Crippen LogP contribution in [0.15, 0.2) is 60.7 Å². The molecule has 0 fully saturated rings. The van der Waals surface area contributed by atoms with E-state index in [2.05, 4.69) is 12.1 Å². The molecule has 3 nitrogen and oxygen atoms in total. The van der Waals surface area contributed by atoms with Crippen LogP contribution in [0.3, 0.4) is 0 Å². The van der Waals surface area contributed by atoms with Crippen LogP contribution in [0.25, 0.3) is 0 Å². The maximum Gasteiger partial charge on any atom is 0.303 e. The number of halogens is 1. The van der Waals surface area contributed by atoms with Crippen LogP contribution >= 0.6 is 11.6 Å². The molecule has 0 saturated carbocycles. The normalized spacial score (nSPS) is 9.71. The second kappa shape index (κ2) is 12.3. The molecular weight excluding hydrogens is 324 g/mol. The van der Waals surface area contributed by atoms with Crippen molar-refractivity contribution in [2.45, 2.75) is 38.5 Å². The third-order valence-corrected chi connectivity index (χ3v) is 3.57. The highest BCUT2D eigenvalue weighted by atomic mass is 35.5. The van der Waals surface area contributed by atoms with Crippen molar-refractivity contribution in [3.63, 3.8) is 0 Å². The second-order valence-electron chi connectivity index (χ2n) is 5.43. The fourth-order valence-electron chi connectivity index (χ4n) is 2.16. The Kier molecular flexibility index (Phi) is 10.2. The highest BCUT2D eigenvalue weighted by Crippen LogP contribution is 2.05. The number of hydrogen-bond donors (Lipinski definition) is 1. The van der Waals surface area contributed by atoms with Gasteiger partial charge in [0.25, 0.3) is 0 Å². The summed E-state index contributed by atoms with van der Waals surface area (Å²) in [6, 6.07) is 20.0. The minimum absolute atomic E-state index is 0.245. The van der Waals surface area contributed by atoms with Gasteiger partial charge < -0.3 is 5.11 Å². The summed E-state index contributed by atoms with van der Waals surface area (Å²) in [6.45, 7) is 0. The van der Waals surface area contributed by atoms with Crippen molar-refractivity contribution in [2.24, 2.45) is 0 Å². The summed E-state index contributed by atoms with van der Waals surface area (Å²) in [5.74, 6) is -0.717. The Morgan fingerprint density at radius 1 is 0.750 bits per heavy atom. The van der Waals surface area contributed by atoms with Crippen LogP contribution in [0.4, 0.5) is 0 Å². The van der Waals surface area contributed by atoms with Gasteiger partial charge in [-0.2, -0.15) is 0 Å². The van der Waals surface area contributed by atoms with E-state index in [1.54, 1.807) is 0 Å². The van der Waals surface area contributed by atoms with Crippen molar-refractivity contribution < 1.29 is 14.7 Å². The minimum atomic E-state index is -0.717. The van der Waals surface area contributed by atoms with Crippen LogP contribution < -0.4 is 0 Å². The molecule has 0 aliphatic heterocycles. The summed E-state index contributed by atoms with van der Waals surface area (Å²) in [6.07, 6.45) is 4.07. The van der Waals surface area contributed by atoms with Gasteiger partial charge in [-0.15, -0.1) is 0 Å². The third-order valence-electron chi connectivity index (χ3n) is 3.38. The average Bonchev–Trinajstić information content (AvgIpc) is 2.57. The lowest BCUT2D eigenvalue weighted by atomic mass is 10.1. The monoisotopic (exact) mass is 346 g/mol. The predicted octanol–water partition coefficient (Wildman–Crippen LogP) is 4.87. The van der Waals surface area contributed by atoms with Crippen LogP contribution in [0.5, 0.6) is 0 Å². The number of carbonyl (C=O) groups excluding carboxylic acids is 1. The van der Waals surface area contributed by atoms with Gasteiger partial charge >= 0.3 is 5.97 Å². The SMILES string of the molecule is O=C(Cl)CCCc1ccccc1.O=C(O)CCCc1ccccc1. The van der Waals surface area contributed by atoms with Gasteiger partial charge in [0.05, 0.1) is 0 Å². The zero-order valence-corrected chi connectivity index (χ0v) is 14.4. The standard InChI is InChI=1S/C10H11ClO.C10H12O2/c2*11-10(12)8-4-7-9-5-2-1-3-6-9/h1-3,5-6H,4,7-8H2;1-3,5-6H,4,7-8H2,(H,11,12). The van der Waals surface area contributed by atoms with E-state index in [1.165, 1.54) is 11.1 Å². The van der Waals surface area contributed by atoms with Crippen LogP contribution in [0.1, 0.15) is 36.8 Å². The van der Waals surface area contributed by atoms with Gasteiger partial charge in [-0.25, -0.2) is 0 Å². The molecule has 0 aliphatic carbocycles. The van der Waals surface area contributed by atoms with E-state index < -0.39 is 5.97 Å². The lowest BCUT2D eigenvalue weighted by molar-refractivity contribution is -0.137. The second-order valence-corrected chi connectivity index (χ2v) is 5.85. The van der Waals surface area contributed by atoms with Gasteiger partial charge in [-0.05, 0) is 48.4 Å². The Bertz CT molecular complexity index is 541. The Morgan fingerprint density at radius 2 is 1.17 bits per heavy atom. The molecular formula is C20H23ClO3. The minimum Gasteiger partial charge on any atom is -0.481 e. The van der Waals surface area contributed by atoms with Crippen molar-refractivity contribution in [1.82, 2.24) is 0 Å². The van der Waals surface area contributed by atoms with Crippen LogP contribution in [-0.2, 0) is 22.4 Å². The lowest BCUT2D eigenvalue weighted by Crippen LogP contribution is -1.95. The van der Waals surface area contributed by atoms with E-state index in [4.69, 9.17) is 16.7 Å². The molecule has 128 valence electrons. The molecule has 0 radical (unpaired) electrons. The topological polar surface area (TPSA) is 54.4 Å². The summed E-state index contributed by atoms with van der Waals surface area (Å²) in [5.41, 5.74) is 2.47. The summed E-state index contributed by atoms with van der Waals surface area (Å²) >= 11 is 5.21. The number of hydrogen-bond acceptors (Lipinski definition) is 2. The fourth-order valence-corrected chi connectivity index (χ4v) is 2.30. The molecule has 0 heterocycles. The van der Waals surface area contributed by atoms with Gasteiger partial charge in [0.1, 0.15) is 0 Å². The van der Waals surface area contributed by atoms with Crippen molar-refractivity contribution in [3.05, 3.63) is 71.8 Å². The Balaban J connectivity index is 0.000000240. The molecule has 0 unspecified atom stereocenters. The average molecular weight is 347 g/mol. The highest BCUT2D eigenvalue weighted by molar-refractivity contribution is 6.63. The molecule has 0 saturated heterocycles. The van der Waals surface area contributed by atoms with E-state index in [0.717, 1.165) is 25.7 Å². The number of aryl methyl sites for hydroxylation is 2. The van der Waals surface area contributed by atoms with E-state index in [0.29, 0.717) is 6.42 Å². The van der Waals surface area contributed by atoms with Gasteiger partial charge in [0, 0.05) is 12.8 Å². The molecule has 4 heteroatoms. The van der Waals surface area contributed by atoms with Gasteiger partial charge in [-0.1, -0.05) is 60.7 Å². The number of aliphatic carboxylic acids is 1. The molecule has 2 aromatic rings. The summed E-state index contributed by atoms with van der Waals surface area (Å²) in [4.78, 5) is 20.6. The molecule has 2 rings (SSSR count). The smallest absolute Gasteiger partial charge is 0.303 e. The molecule has 0 aliphatic rings. The Morgan fingerprint density at radius 3 is 1.54 bits per heavy atom. The molecule has 1 N–H and O–H groups in total. The Hall–Kier alpha value is -2.13. The Labute approximate surface area is 148 Å². The summed E-state index contributed by atoms with van der Waals surface area (Å²) in [7, 11) is 0. The highest BCUT2D eigenvalue weighted by Gasteiger charge is 1.97. The summed E-state index contributed by atoms with van der Waals surface area (Å²) in [5, 5.41) is 8.15. The molecule has 0 bridgehead atoms. The molecule has 0 spiro atoms. The zero-order valence-electron chi connectivity index (χ0n) is 13.7. The maximum atomic E-state index is 10.4. The van der Waals surface area contributed by atoms with E-state index in [1.807, 2.05) is 48.5 Å².